The molecule has 3 rings (SSSR count). The lowest BCUT2D eigenvalue weighted by molar-refractivity contribution is 0.622. The molecule has 104 valence electrons. The molecule has 0 aliphatic rings. The molecule has 1 aromatic heterocycles. The zero-order valence-electron chi connectivity index (χ0n) is 11.1. The van der Waals surface area contributed by atoms with Crippen LogP contribution in [0.4, 0.5) is 10.3 Å². The van der Waals surface area contributed by atoms with Crippen molar-refractivity contribution in [2.75, 3.05) is 5.73 Å². The van der Waals surface area contributed by atoms with Crippen molar-refractivity contribution in [1.29, 1.82) is 5.26 Å². The summed E-state index contributed by atoms with van der Waals surface area (Å²) in [6.07, 6.45) is 0. The predicted molar refractivity (Wildman–Crippen MR) is 82.6 cm³/mol. The zero-order valence-corrected chi connectivity index (χ0v) is 12.6. The Morgan fingerprint density at radius 2 is 2.14 bits per heavy atom. The molecular formula is C15H10BrFN4. The van der Waals surface area contributed by atoms with Gasteiger partial charge in [0.05, 0.1) is 26.8 Å². The van der Waals surface area contributed by atoms with Crippen LogP contribution in [0.1, 0.15) is 11.1 Å². The van der Waals surface area contributed by atoms with E-state index < -0.39 is 5.82 Å². The number of imidazole rings is 1. The SMILES string of the molecule is Cc1cccc(-n2c(N)nc3cc(Br)c(F)cc32)c1C#N. The van der Waals surface area contributed by atoms with Crippen molar-refractivity contribution in [2.45, 2.75) is 6.92 Å². The van der Waals surface area contributed by atoms with Crippen molar-refractivity contribution in [3.63, 3.8) is 0 Å². The summed E-state index contributed by atoms with van der Waals surface area (Å²) in [5.74, 6) is -0.195. The fourth-order valence-electron chi connectivity index (χ4n) is 2.33. The molecule has 0 radical (unpaired) electrons. The Kier molecular flexibility index (Phi) is 3.15. The lowest BCUT2D eigenvalue weighted by Crippen LogP contribution is -2.04. The minimum atomic E-state index is -0.408. The first-order valence-corrected chi connectivity index (χ1v) is 6.95. The minimum Gasteiger partial charge on any atom is -0.369 e. The van der Waals surface area contributed by atoms with Crippen LogP contribution in [-0.4, -0.2) is 9.55 Å². The average molecular weight is 345 g/mol. The molecule has 2 aromatic carbocycles. The van der Waals surface area contributed by atoms with Gasteiger partial charge in [-0.1, -0.05) is 12.1 Å². The standard InChI is InChI=1S/C15H10BrFN4/c1-8-3-2-4-13(9(8)7-18)21-14-6-11(17)10(16)5-12(14)20-15(21)19/h2-6H,1H3,(H2,19,20). The third-order valence-electron chi connectivity index (χ3n) is 3.33. The van der Waals surface area contributed by atoms with Gasteiger partial charge in [-0.15, -0.1) is 0 Å². The van der Waals surface area contributed by atoms with Crippen molar-refractivity contribution in [2.24, 2.45) is 0 Å². The molecule has 0 spiro atoms. The van der Waals surface area contributed by atoms with Crippen LogP contribution < -0.4 is 5.73 Å². The lowest BCUT2D eigenvalue weighted by Gasteiger charge is -2.10. The van der Waals surface area contributed by atoms with E-state index in [1.807, 2.05) is 19.1 Å². The van der Waals surface area contributed by atoms with E-state index in [1.165, 1.54) is 6.07 Å². The highest BCUT2D eigenvalue weighted by Gasteiger charge is 2.16. The van der Waals surface area contributed by atoms with Crippen molar-refractivity contribution >= 4 is 32.9 Å². The monoisotopic (exact) mass is 344 g/mol. The number of halogens is 2. The van der Waals surface area contributed by atoms with E-state index in [2.05, 4.69) is 27.0 Å². The molecule has 0 saturated heterocycles. The predicted octanol–water partition coefficient (Wildman–Crippen LogP) is 3.69. The van der Waals surface area contributed by atoms with Gasteiger partial charge >= 0.3 is 0 Å². The van der Waals surface area contributed by atoms with E-state index in [9.17, 15) is 9.65 Å². The first kappa shape index (κ1) is 13.6. The summed E-state index contributed by atoms with van der Waals surface area (Å²) in [6, 6.07) is 10.5. The molecule has 0 atom stereocenters. The van der Waals surface area contributed by atoms with Gasteiger partial charge in [-0.3, -0.25) is 4.57 Å². The van der Waals surface area contributed by atoms with Crippen LogP contribution in [0.3, 0.4) is 0 Å². The van der Waals surface area contributed by atoms with E-state index in [0.29, 0.717) is 26.8 Å². The summed E-state index contributed by atoms with van der Waals surface area (Å²) in [4.78, 5) is 4.23. The van der Waals surface area contributed by atoms with Crippen LogP contribution in [-0.2, 0) is 0 Å². The summed E-state index contributed by atoms with van der Waals surface area (Å²) < 4.78 is 15.7. The second-order valence-corrected chi connectivity index (χ2v) is 5.50. The summed E-state index contributed by atoms with van der Waals surface area (Å²) in [6.45, 7) is 1.84. The lowest BCUT2D eigenvalue weighted by atomic mass is 10.1. The number of aromatic nitrogens is 2. The van der Waals surface area contributed by atoms with E-state index in [0.717, 1.165) is 5.56 Å². The maximum absolute atomic E-state index is 13.8. The molecule has 0 aliphatic carbocycles. The van der Waals surface area contributed by atoms with Gasteiger partial charge in [0.15, 0.2) is 0 Å². The van der Waals surface area contributed by atoms with Crippen LogP contribution in [0, 0.1) is 24.1 Å². The summed E-state index contributed by atoms with van der Waals surface area (Å²) in [5.41, 5.74) is 8.97. The summed E-state index contributed by atoms with van der Waals surface area (Å²) in [5, 5.41) is 9.35. The van der Waals surface area contributed by atoms with Crippen molar-refractivity contribution in [1.82, 2.24) is 9.55 Å². The average Bonchev–Trinajstić information content (AvgIpc) is 2.74. The molecule has 21 heavy (non-hydrogen) atoms. The molecule has 0 amide bonds. The van der Waals surface area contributed by atoms with E-state index in [-0.39, 0.29) is 5.95 Å². The van der Waals surface area contributed by atoms with Crippen LogP contribution in [0.15, 0.2) is 34.8 Å². The number of hydrogen-bond donors (Lipinski definition) is 1. The van der Waals surface area contributed by atoms with Gasteiger partial charge in [0.1, 0.15) is 11.9 Å². The van der Waals surface area contributed by atoms with Gasteiger partial charge in [0.25, 0.3) is 0 Å². The summed E-state index contributed by atoms with van der Waals surface area (Å²) in [7, 11) is 0. The second kappa shape index (κ2) is 4.86. The fourth-order valence-corrected chi connectivity index (χ4v) is 2.66. The fraction of sp³-hybridized carbons (Fsp3) is 0.0667. The van der Waals surface area contributed by atoms with Crippen LogP contribution in [0.5, 0.6) is 0 Å². The highest BCUT2D eigenvalue weighted by Crippen LogP contribution is 2.29. The number of aryl methyl sites for hydroxylation is 1. The Morgan fingerprint density at radius 1 is 1.38 bits per heavy atom. The highest BCUT2D eigenvalue weighted by molar-refractivity contribution is 9.10. The van der Waals surface area contributed by atoms with Crippen molar-refractivity contribution in [3.8, 4) is 11.8 Å². The number of fused-ring (bicyclic) bond motifs is 1. The smallest absolute Gasteiger partial charge is 0.205 e. The molecule has 0 saturated carbocycles. The number of nitrogen functional groups attached to an aromatic ring is 1. The van der Waals surface area contributed by atoms with Crippen molar-refractivity contribution in [3.05, 3.63) is 51.7 Å². The topological polar surface area (TPSA) is 67.6 Å². The first-order chi connectivity index (χ1) is 10.0. The van der Waals surface area contributed by atoms with Gasteiger partial charge in [-0.05, 0) is 40.5 Å². The van der Waals surface area contributed by atoms with Gasteiger partial charge < -0.3 is 5.73 Å². The third-order valence-corrected chi connectivity index (χ3v) is 3.93. The molecule has 0 fully saturated rings. The minimum absolute atomic E-state index is 0.213. The molecular weight excluding hydrogens is 335 g/mol. The number of hydrogen-bond acceptors (Lipinski definition) is 3. The van der Waals surface area contributed by atoms with Crippen LogP contribution in [0.25, 0.3) is 16.7 Å². The Labute approximate surface area is 128 Å². The Hall–Kier alpha value is -2.39. The first-order valence-electron chi connectivity index (χ1n) is 6.16. The van der Waals surface area contributed by atoms with Gasteiger partial charge in [-0.2, -0.15) is 5.26 Å². The van der Waals surface area contributed by atoms with E-state index in [4.69, 9.17) is 5.73 Å². The molecule has 2 N–H and O–H groups in total. The van der Waals surface area contributed by atoms with Gasteiger partial charge in [0.2, 0.25) is 5.95 Å². The number of benzene rings is 2. The largest absolute Gasteiger partial charge is 0.369 e. The van der Waals surface area contributed by atoms with Crippen LogP contribution in [0.2, 0.25) is 0 Å². The third kappa shape index (κ3) is 2.06. The zero-order chi connectivity index (χ0) is 15.1. The maximum Gasteiger partial charge on any atom is 0.205 e. The van der Waals surface area contributed by atoms with Crippen molar-refractivity contribution < 1.29 is 4.39 Å². The molecule has 1 heterocycles. The second-order valence-electron chi connectivity index (χ2n) is 4.64. The Balaban J connectivity index is 2.41. The van der Waals surface area contributed by atoms with E-state index in [1.54, 1.807) is 16.7 Å². The summed E-state index contributed by atoms with van der Waals surface area (Å²) >= 11 is 3.13. The molecule has 0 aliphatic heterocycles. The quantitative estimate of drug-likeness (QED) is 0.731. The van der Waals surface area contributed by atoms with Gasteiger partial charge in [-0.25, -0.2) is 9.37 Å². The number of nitrogens with zero attached hydrogens (tertiary/aromatic N) is 3. The number of anilines is 1. The molecule has 0 bridgehead atoms. The Morgan fingerprint density at radius 3 is 2.86 bits per heavy atom. The molecule has 6 heteroatoms. The highest BCUT2D eigenvalue weighted by atomic mass is 79.9. The number of nitrogens with two attached hydrogens (primary N) is 1. The molecule has 0 unspecified atom stereocenters. The maximum atomic E-state index is 13.8. The number of nitriles is 1. The normalized spacial score (nSPS) is 10.8. The van der Waals surface area contributed by atoms with Gasteiger partial charge in [0, 0.05) is 6.07 Å². The molecule has 4 nitrogen and oxygen atoms in total. The van der Waals surface area contributed by atoms with Crippen LogP contribution >= 0.6 is 15.9 Å². The molecule has 3 aromatic rings. The Bertz CT molecular complexity index is 908. The van der Waals surface area contributed by atoms with E-state index >= 15 is 0 Å². The number of rotatable bonds is 1.